The Morgan fingerprint density at radius 3 is 2.72 bits per heavy atom. The molecule has 0 aliphatic rings. The first-order valence-corrected chi connectivity index (χ1v) is 6.59. The minimum Gasteiger partial charge on any atom is -0.383 e. The summed E-state index contributed by atoms with van der Waals surface area (Å²) in [6, 6.07) is 3.79. The summed E-state index contributed by atoms with van der Waals surface area (Å²) in [6.45, 7) is 4.29. The van der Waals surface area contributed by atoms with E-state index >= 15 is 0 Å². The molecule has 2 aromatic rings. The van der Waals surface area contributed by atoms with E-state index in [-0.39, 0.29) is 0 Å². The Kier molecular flexibility index (Phi) is 3.91. The predicted molar refractivity (Wildman–Crippen MR) is 75.9 cm³/mol. The normalized spacial score (nSPS) is 10.9. The van der Waals surface area contributed by atoms with Crippen LogP contribution in [0.5, 0.6) is 0 Å². The van der Waals surface area contributed by atoms with Crippen molar-refractivity contribution in [2.45, 2.75) is 20.3 Å². The number of hydrogen-bond donors (Lipinski definition) is 1. The van der Waals surface area contributed by atoms with Crippen molar-refractivity contribution in [1.82, 2.24) is 15.0 Å². The first-order chi connectivity index (χ1) is 8.58. The average Bonchev–Trinajstić information content (AvgIpc) is 2.35. The molecule has 0 atom stereocenters. The number of nitrogens with two attached hydrogens (primary N) is 1. The quantitative estimate of drug-likeness (QED) is 0.946. The lowest BCUT2D eigenvalue weighted by Gasteiger charge is -2.10. The first kappa shape index (κ1) is 13.0. The third kappa shape index (κ3) is 2.85. The number of nitrogens with zero attached hydrogens (tertiary/aromatic N) is 3. The Balaban J connectivity index is 2.47. The van der Waals surface area contributed by atoms with E-state index in [0.29, 0.717) is 17.6 Å². The van der Waals surface area contributed by atoms with Gasteiger partial charge in [-0.15, -0.1) is 0 Å². The molecule has 0 unspecified atom stereocenters. The van der Waals surface area contributed by atoms with Gasteiger partial charge in [0.25, 0.3) is 0 Å². The maximum atomic E-state index is 5.92. The number of rotatable bonds is 3. The number of nitrogen functional groups attached to an aromatic ring is 1. The molecule has 0 aliphatic carbocycles. The van der Waals surface area contributed by atoms with Gasteiger partial charge in [0.05, 0.1) is 10.2 Å². The third-order valence-corrected chi connectivity index (χ3v) is 3.33. The fraction of sp³-hybridized carbons (Fsp3) is 0.308. The molecule has 18 heavy (non-hydrogen) atoms. The fourth-order valence-electron chi connectivity index (χ4n) is 1.66. The molecule has 0 fully saturated rings. The second-order valence-corrected chi connectivity index (χ2v) is 5.33. The molecule has 0 aliphatic heterocycles. The average molecular weight is 307 g/mol. The standard InChI is InChI=1S/C13H15BrN4/c1-8(2)6-10-11(14)12(15)18-13(17-10)9-4-3-5-16-7-9/h3-5,7-8H,6H2,1-2H3,(H2,15,17,18). The number of hydrogen-bond acceptors (Lipinski definition) is 4. The van der Waals surface area contributed by atoms with Crippen molar-refractivity contribution in [3.63, 3.8) is 0 Å². The Hall–Kier alpha value is -1.49. The Morgan fingerprint density at radius 1 is 1.33 bits per heavy atom. The molecule has 2 rings (SSSR count). The summed E-state index contributed by atoms with van der Waals surface area (Å²) in [6.07, 6.45) is 4.32. The van der Waals surface area contributed by atoms with E-state index in [1.54, 1.807) is 12.4 Å². The van der Waals surface area contributed by atoms with Crippen molar-refractivity contribution in [1.29, 1.82) is 0 Å². The van der Waals surface area contributed by atoms with Crippen LogP contribution in [0, 0.1) is 5.92 Å². The van der Waals surface area contributed by atoms with Crippen LogP contribution in [-0.2, 0) is 6.42 Å². The van der Waals surface area contributed by atoms with Gasteiger partial charge in [-0.05, 0) is 40.4 Å². The van der Waals surface area contributed by atoms with E-state index in [0.717, 1.165) is 22.2 Å². The van der Waals surface area contributed by atoms with Crippen molar-refractivity contribution in [2.24, 2.45) is 5.92 Å². The van der Waals surface area contributed by atoms with Gasteiger partial charge in [0.2, 0.25) is 0 Å². The van der Waals surface area contributed by atoms with Crippen molar-refractivity contribution >= 4 is 21.7 Å². The zero-order chi connectivity index (χ0) is 13.1. The van der Waals surface area contributed by atoms with Crippen molar-refractivity contribution in [3.8, 4) is 11.4 Å². The van der Waals surface area contributed by atoms with Crippen LogP contribution in [0.4, 0.5) is 5.82 Å². The summed E-state index contributed by atoms with van der Waals surface area (Å²) < 4.78 is 0.795. The predicted octanol–water partition coefficient (Wildman–Crippen LogP) is 3.08. The number of aromatic nitrogens is 3. The second-order valence-electron chi connectivity index (χ2n) is 4.53. The lowest BCUT2D eigenvalue weighted by molar-refractivity contribution is 0.633. The molecule has 5 heteroatoms. The summed E-state index contributed by atoms with van der Waals surface area (Å²) in [7, 11) is 0. The van der Waals surface area contributed by atoms with Gasteiger partial charge in [-0.1, -0.05) is 13.8 Å². The zero-order valence-corrected chi connectivity index (χ0v) is 12.0. The second kappa shape index (κ2) is 5.44. The van der Waals surface area contributed by atoms with Crippen LogP contribution in [0.15, 0.2) is 29.0 Å². The number of halogens is 1. The highest BCUT2D eigenvalue weighted by Crippen LogP contribution is 2.26. The van der Waals surface area contributed by atoms with Crippen molar-refractivity contribution < 1.29 is 0 Å². The molecule has 4 nitrogen and oxygen atoms in total. The SMILES string of the molecule is CC(C)Cc1nc(-c2cccnc2)nc(N)c1Br. The largest absolute Gasteiger partial charge is 0.383 e. The van der Waals surface area contributed by atoms with Crippen LogP contribution in [0.3, 0.4) is 0 Å². The molecule has 94 valence electrons. The summed E-state index contributed by atoms with van der Waals surface area (Å²) in [5, 5.41) is 0. The van der Waals surface area contributed by atoms with E-state index in [1.165, 1.54) is 0 Å². The van der Waals surface area contributed by atoms with Crippen LogP contribution in [-0.4, -0.2) is 15.0 Å². The van der Waals surface area contributed by atoms with Gasteiger partial charge in [0.15, 0.2) is 5.82 Å². The van der Waals surface area contributed by atoms with Crippen LogP contribution in [0.2, 0.25) is 0 Å². The number of anilines is 1. The highest BCUT2D eigenvalue weighted by atomic mass is 79.9. The highest BCUT2D eigenvalue weighted by molar-refractivity contribution is 9.10. The Morgan fingerprint density at radius 2 is 2.11 bits per heavy atom. The van der Waals surface area contributed by atoms with E-state index in [1.807, 2.05) is 12.1 Å². The van der Waals surface area contributed by atoms with Crippen molar-refractivity contribution in [3.05, 3.63) is 34.7 Å². The summed E-state index contributed by atoms with van der Waals surface area (Å²) in [4.78, 5) is 12.9. The molecule has 2 aromatic heterocycles. The van der Waals surface area contributed by atoms with Gasteiger partial charge in [0.1, 0.15) is 5.82 Å². The summed E-state index contributed by atoms with van der Waals surface area (Å²) in [5.74, 6) is 1.61. The summed E-state index contributed by atoms with van der Waals surface area (Å²) >= 11 is 3.45. The molecule has 0 spiro atoms. The van der Waals surface area contributed by atoms with Gasteiger partial charge in [-0.3, -0.25) is 4.98 Å². The van der Waals surface area contributed by atoms with E-state index in [9.17, 15) is 0 Å². The topological polar surface area (TPSA) is 64.7 Å². The molecule has 0 saturated carbocycles. The number of pyridine rings is 1. The summed E-state index contributed by atoms with van der Waals surface area (Å²) in [5.41, 5.74) is 7.73. The van der Waals surface area contributed by atoms with Crippen molar-refractivity contribution in [2.75, 3.05) is 5.73 Å². The lowest BCUT2D eigenvalue weighted by Crippen LogP contribution is -2.05. The molecule has 0 aromatic carbocycles. The third-order valence-electron chi connectivity index (χ3n) is 2.47. The first-order valence-electron chi connectivity index (χ1n) is 5.80. The van der Waals surface area contributed by atoms with Gasteiger partial charge in [-0.2, -0.15) is 0 Å². The lowest BCUT2D eigenvalue weighted by atomic mass is 10.1. The molecule has 2 heterocycles. The van der Waals surface area contributed by atoms with Crippen LogP contribution < -0.4 is 5.73 Å². The van der Waals surface area contributed by atoms with E-state index in [4.69, 9.17) is 5.73 Å². The molecule has 0 bridgehead atoms. The van der Waals surface area contributed by atoms with Gasteiger partial charge in [-0.25, -0.2) is 9.97 Å². The maximum Gasteiger partial charge on any atom is 0.163 e. The molecular weight excluding hydrogens is 292 g/mol. The molecular formula is C13H15BrN4. The van der Waals surface area contributed by atoms with Crippen LogP contribution in [0.25, 0.3) is 11.4 Å². The fourth-order valence-corrected chi connectivity index (χ4v) is 2.00. The van der Waals surface area contributed by atoms with Gasteiger partial charge >= 0.3 is 0 Å². The highest BCUT2D eigenvalue weighted by Gasteiger charge is 2.12. The smallest absolute Gasteiger partial charge is 0.163 e. The minimum atomic E-state index is 0.472. The molecule has 2 N–H and O–H groups in total. The zero-order valence-electron chi connectivity index (χ0n) is 10.4. The monoisotopic (exact) mass is 306 g/mol. The van der Waals surface area contributed by atoms with Gasteiger partial charge < -0.3 is 5.73 Å². The van der Waals surface area contributed by atoms with Crippen LogP contribution in [0.1, 0.15) is 19.5 Å². The van der Waals surface area contributed by atoms with Crippen LogP contribution >= 0.6 is 15.9 Å². The molecule has 0 radical (unpaired) electrons. The van der Waals surface area contributed by atoms with E-state index in [2.05, 4.69) is 44.7 Å². The maximum absolute atomic E-state index is 5.92. The van der Waals surface area contributed by atoms with E-state index < -0.39 is 0 Å². The van der Waals surface area contributed by atoms with Gasteiger partial charge in [0, 0.05) is 18.0 Å². The minimum absolute atomic E-state index is 0.472. The Labute approximate surface area is 115 Å². The Bertz CT molecular complexity index is 540. The molecule has 0 amide bonds. The molecule has 0 saturated heterocycles.